The van der Waals surface area contributed by atoms with Crippen molar-refractivity contribution in [3.8, 4) is 0 Å². The molecule has 136 valence electrons. The Morgan fingerprint density at radius 1 is 1.04 bits per heavy atom. The zero-order chi connectivity index (χ0) is 18.7. The second kappa shape index (κ2) is 7.73. The van der Waals surface area contributed by atoms with Gasteiger partial charge in [0.1, 0.15) is 0 Å². The Morgan fingerprint density at radius 3 is 2.23 bits per heavy atom. The fourth-order valence-electron chi connectivity index (χ4n) is 3.70. The Bertz CT molecular complexity index is 779. The summed E-state index contributed by atoms with van der Waals surface area (Å²) in [6.07, 6.45) is 2.02. The lowest BCUT2D eigenvalue weighted by molar-refractivity contribution is -0.124. The number of rotatable bonds is 5. The molecule has 2 amide bonds. The van der Waals surface area contributed by atoms with Gasteiger partial charge in [0, 0.05) is 31.4 Å². The molecule has 4 heteroatoms. The highest BCUT2D eigenvalue weighted by Gasteiger charge is 2.38. The smallest absolute Gasteiger partial charge is 0.232 e. The van der Waals surface area contributed by atoms with Crippen molar-refractivity contribution in [2.75, 3.05) is 23.4 Å². The van der Waals surface area contributed by atoms with Crippen LogP contribution in [0, 0.1) is 5.92 Å². The molecule has 0 aromatic heterocycles. The summed E-state index contributed by atoms with van der Waals surface area (Å²) >= 11 is 0. The first kappa shape index (κ1) is 18.2. The fraction of sp³-hybridized carbons (Fsp3) is 0.364. The van der Waals surface area contributed by atoms with Crippen molar-refractivity contribution in [1.82, 2.24) is 0 Å². The Balaban J connectivity index is 1.85. The van der Waals surface area contributed by atoms with Gasteiger partial charge in [-0.1, -0.05) is 50.2 Å². The first-order chi connectivity index (χ1) is 12.6. The maximum atomic E-state index is 12.9. The zero-order valence-electron chi connectivity index (χ0n) is 15.7. The van der Waals surface area contributed by atoms with Crippen LogP contribution in [0.5, 0.6) is 0 Å². The average Bonchev–Trinajstić information content (AvgIpc) is 3.07. The van der Waals surface area contributed by atoms with E-state index in [1.165, 1.54) is 11.1 Å². The molecule has 3 rings (SSSR count). The highest BCUT2D eigenvalue weighted by atomic mass is 16.2. The van der Waals surface area contributed by atoms with Gasteiger partial charge < -0.3 is 9.80 Å². The number of aryl methyl sites for hydroxylation is 2. The van der Waals surface area contributed by atoms with Gasteiger partial charge in [-0.2, -0.15) is 0 Å². The van der Waals surface area contributed by atoms with Crippen molar-refractivity contribution >= 4 is 23.2 Å². The van der Waals surface area contributed by atoms with E-state index in [0.717, 1.165) is 24.2 Å². The van der Waals surface area contributed by atoms with Gasteiger partial charge >= 0.3 is 0 Å². The minimum absolute atomic E-state index is 0.000854. The van der Waals surface area contributed by atoms with E-state index in [1.807, 2.05) is 41.3 Å². The van der Waals surface area contributed by atoms with Gasteiger partial charge in [-0.05, 0) is 36.1 Å². The van der Waals surface area contributed by atoms with E-state index in [1.54, 1.807) is 11.9 Å². The molecular formula is C22H26N2O2. The number of anilines is 2. The zero-order valence-corrected chi connectivity index (χ0v) is 15.7. The summed E-state index contributed by atoms with van der Waals surface area (Å²) in [5.41, 5.74) is 4.20. The molecule has 1 saturated heterocycles. The van der Waals surface area contributed by atoms with E-state index < -0.39 is 0 Å². The summed E-state index contributed by atoms with van der Waals surface area (Å²) in [5.74, 6) is -0.262. The second-order valence-corrected chi connectivity index (χ2v) is 6.77. The minimum Gasteiger partial charge on any atom is -0.315 e. The Hall–Kier alpha value is -2.62. The van der Waals surface area contributed by atoms with Gasteiger partial charge in [-0.15, -0.1) is 0 Å². The monoisotopic (exact) mass is 350 g/mol. The third-order valence-corrected chi connectivity index (χ3v) is 5.18. The van der Waals surface area contributed by atoms with E-state index in [2.05, 4.69) is 26.0 Å². The second-order valence-electron chi connectivity index (χ2n) is 6.77. The Kier molecular flexibility index (Phi) is 5.40. The molecule has 0 aliphatic carbocycles. The number of amides is 2. The number of para-hydroxylation sites is 2. The molecule has 2 aromatic carbocycles. The third-order valence-electron chi connectivity index (χ3n) is 5.18. The molecule has 1 aliphatic heterocycles. The standard InChI is InChI=1S/C22H26N2O2/c1-4-16-10-9-11-17(5-2)21(16)24-15-18(14-20(24)25)22(26)23(3)19-12-7-6-8-13-19/h6-13,18H,4-5,14-15H2,1-3H3. The van der Waals surface area contributed by atoms with Gasteiger partial charge in [-0.25, -0.2) is 0 Å². The van der Waals surface area contributed by atoms with E-state index in [9.17, 15) is 9.59 Å². The van der Waals surface area contributed by atoms with Gasteiger partial charge in [0.05, 0.1) is 5.92 Å². The Morgan fingerprint density at radius 2 is 1.65 bits per heavy atom. The predicted octanol–water partition coefficient (Wildman–Crippen LogP) is 3.83. The number of nitrogens with zero attached hydrogens (tertiary/aromatic N) is 2. The van der Waals surface area contributed by atoms with Crippen molar-refractivity contribution < 1.29 is 9.59 Å². The number of hydrogen-bond donors (Lipinski definition) is 0. The third kappa shape index (κ3) is 3.36. The molecule has 0 N–H and O–H groups in total. The largest absolute Gasteiger partial charge is 0.315 e. The number of carbonyl (C=O) groups is 2. The van der Waals surface area contributed by atoms with Crippen LogP contribution < -0.4 is 9.80 Å². The summed E-state index contributed by atoms with van der Waals surface area (Å²) < 4.78 is 0. The number of carbonyl (C=O) groups excluding carboxylic acids is 2. The quantitative estimate of drug-likeness (QED) is 0.822. The molecule has 0 bridgehead atoms. The van der Waals surface area contributed by atoms with Gasteiger partial charge in [0.25, 0.3) is 0 Å². The summed E-state index contributed by atoms with van der Waals surface area (Å²) in [4.78, 5) is 29.2. The molecular weight excluding hydrogens is 324 g/mol. The molecule has 0 radical (unpaired) electrons. The molecule has 0 spiro atoms. The molecule has 1 heterocycles. The lowest BCUT2D eigenvalue weighted by Gasteiger charge is -2.24. The summed E-state index contributed by atoms with van der Waals surface area (Å²) in [6.45, 7) is 4.66. The molecule has 1 atom stereocenters. The van der Waals surface area contributed by atoms with Crippen molar-refractivity contribution in [2.24, 2.45) is 5.92 Å². The molecule has 1 aliphatic rings. The predicted molar refractivity (Wildman–Crippen MR) is 106 cm³/mol. The first-order valence-corrected chi connectivity index (χ1v) is 9.30. The van der Waals surface area contributed by atoms with Crippen molar-refractivity contribution in [2.45, 2.75) is 33.1 Å². The van der Waals surface area contributed by atoms with Crippen LogP contribution in [0.3, 0.4) is 0 Å². The SMILES string of the molecule is CCc1cccc(CC)c1N1CC(C(=O)N(C)c2ccccc2)CC1=O. The number of benzene rings is 2. The molecule has 4 nitrogen and oxygen atoms in total. The van der Waals surface area contributed by atoms with Crippen LogP contribution in [0.15, 0.2) is 48.5 Å². The van der Waals surface area contributed by atoms with Crippen LogP contribution in [-0.4, -0.2) is 25.4 Å². The lowest BCUT2D eigenvalue weighted by Crippen LogP contribution is -2.35. The van der Waals surface area contributed by atoms with E-state index >= 15 is 0 Å². The normalized spacial score (nSPS) is 16.8. The van der Waals surface area contributed by atoms with Crippen LogP contribution in [-0.2, 0) is 22.4 Å². The van der Waals surface area contributed by atoms with Crippen LogP contribution in [0.25, 0.3) is 0 Å². The molecule has 26 heavy (non-hydrogen) atoms. The maximum Gasteiger partial charge on any atom is 0.232 e. The maximum absolute atomic E-state index is 12.9. The molecule has 2 aromatic rings. The summed E-state index contributed by atoms with van der Waals surface area (Å²) in [5, 5.41) is 0. The average molecular weight is 350 g/mol. The summed E-state index contributed by atoms with van der Waals surface area (Å²) in [7, 11) is 1.78. The van der Waals surface area contributed by atoms with E-state index in [4.69, 9.17) is 0 Å². The topological polar surface area (TPSA) is 40.6 Å². The lowest BCUT2D eigenvalue weighted by atomic mass is 10.0. The van der Waals surface area contributed by atoms with Crippen LogP contribution in [0.1, 0.15) is 31.4 Å². The van der Waals surface area contributed by atoms with Gasteiger partial charge in [-0.3, -0.25) is 9.59 Å². The van der Waals surface area contributed by atoms with Crippen molar-refractivity contribution in [1.29, 1.82) is 0 Å². The van der Waals surface area contributed by atoms with Gasteiger partial charge in [0.15, 0.2) is 0 Å². The van der Waals surface area contributed by atoms with E-state index in [0.29, 0.717) is 6.54 Å². The number of hydrogen-bond acceptors (Lipinski definition) is 2. The molecule has 0 saturated carbocycles. The van der Waals surface area contributed by atoms with Crippen LogP contribution in [0.4, 0.5) is 11.4 Å². The minimum atomic E-state index is -0.303. The Labute approximate surface area is 155 Å². The first-order valence-electron chi connectivity index (χ1n) is 9.30. The molecule has 1 unspecified atom stereocenters. The highest BCUT2D eigenvalue weighted by Crippen LogP contribution is 2.33. The summed E-state index contributed by atoms with van der Waals surface area (Å²) in [6, 6.07) is 15.8. The van der Waals surface area contributed by atoms with E-state index in [-0.39, 0.29) is 24.2 Å². The molecule has 1 fully saturated rings. The van der Waals surface area contributed by atoms with Crippen molar-refractivity contribution in [3.63, 3.8) is 0 Å². The van der Waals surface area contributed by atoms with Crippen LogP contribution in [0.2, 0.25) is 0 Å². The van der Waals surface area contributed by atoms with Gasteiger partial charge in [0.2, 0.25) is 11.8 Å². The highest BCUT2D eigenvalue weighted by molar-refractivity contribution is 6.04. The van der Waals surface area contributed by atoms with Crippen LogP contribution >= 0.6 is 0 Å². The van der Waals surface area contributed by atoms with Crippen molar-refractivity contribution in [3.05, 3.63) is 59.7 Å². The fourth-order valence-corrected chi connectivity index (χ4v) is 3.70.